The van der Waals surface area contributed by atoms with Gasteiger partial charge in [0, 0.05) is 11.0 Å². The minimum Gasteiger partial charge on any atom is -0.462 e. The second-order valence-corrected chi connectivity index (χ2v) is 9.08. The summed E-state index contributed by atoms with van der Waals surface area (Å²) in [7, 11) is 0. The molecule has 1 aromatic carbocycles. The Morgan fingerprint density at radius 1 is 1.28 bits per heavy atom. The first kappa shape index (κ1) is 22.1. The van der Waals surface area contributed by atoms with Crippen molar-refractivity contribution in [2.24, 2.45) is 4.99 Å². The monoisotopic (exact) mass is 466 g/mol. The van der Waals surface area contributed by atoms with Gasteiger partial charge >= 0.3 is 5.97 Å². The van der Waals surface area contributed by atoms with E-state index in [0.717, 1.165) is 16.2 Å². The van der Waals surface area contributed by atoms with Crippen molar-refractivity contribution in [2.75, 3.05) is 12.9 Å². The summed E-state index contributed by atoms with van der Waals surface area (Å²) in [5.74, 6) is 0.842. The third-order valence-electron chi connectivity index (χ3n) is 5.04. The first-order valence-corrected chi connectivity index (χ1v) is 12.0. The zero-order chi connectivity index (χ0) is 22.8. The highest BCUT2D eigenvalue weighted by atomic mass is 32.2. The maximum Gasteiger partial charge on any atom is 0.338 e. The number of hydrogen-bond acceptors (Lipinski definition) is 7. The summed E-state index contributed by atoms with van der Waals surface area (Å²) in [5.41, 5.74) is 1.45. The van der Waals surface area contributed by atoms with Crippen LogP contribution in [0.2, 0.25) is 0 Å². The molecule has 1 atom stereocenters. The first-order valence-electron chi connectivity index (χ1n) is 9.94. The van der Waals surface area contributed by atoms with Gasteiger partial charge in [0.15, 0.2) is 4.80 Å². The van der Waals surface area contributed by atoms with Crippen molar-refractivity contribution < 1.29 is 13.9 Å². The fourth-order valence-electron chi connectivity index (χ4n) is 3.56. The van der Waals surface area contributed by atoms with E-state index < -0.39 is 12.0 Å². The highest BCUT2D eigenvalue weighted by molar-refractivity contribution is 7.98. The molecule has 0 saturated carbocycles. The number of fused-ring (bicyclic) bond motifs is 1. The maximum absolute atomic E-state index is 13.5. The summed E-state index contributed by atoms with van der Waals surface area (Å²) in [5, 5.41) is 0. The number of hydrogen-bond donors (Lipinski definition) is 0. The second-order valence-electron chi connectivity index (χ2n) is 7.19. The fraction of sp³-hybridized carbons (Fsp3) is 0.208. The number of furan rings is 1. The molecule has 0 spiro atoms. The van der Waals surface area contributed by atoms with Crippen molar-refractivity contribution in [3.05, 3.63) is 97.1 Å². The summed E-state index contributed by atoms with van der Waals surface area (Å²) in [6.45, 7) is 7.30. The van der Waals surface area contributed by atoms with E-state index in [4.69, 9.17) is 9.15 Å². The minimum absolute atomic E-state index is 0.0794. The molecule has 0 bridgehead atoms. The molecule has 4 rings (SSSR count). The molecule has 3 aromatic rings. The van der Waals surface area contributed by atoms with Gasteiger partial charge in [0.1, 0.15) is 18.1 Å². The molecule has 1 unspecified atom stereocenters. The Labute approximate surface area is 193 Å². The van der Waals surface area contributed by atoms with E-state index in [1.807, 2.05) is 49.6 Å². The minimum atomic E-state index is -0.639. The Balaban J connectivity index is 1.92. The van der Waals surface area contributed by atoms with E-state index in [1.165, 1.54) is 17.4 Å². The lowest BCUT2D eigenvalue weighted by molar-refractivity contribution is -0.138. The van der Waals surface area contributed by atoms with Crippen LogP contribution in [-0.4, -0.2) is 23.4 Å². The van der Waals surface area contributed by atoms with Gasteiger partial charge in [-0.3, -0.25) is 9.36 Å². The SMILES string of the molecule is C=CCOC(=O)C1=C(C)N=c2sc(=Cc3ccc(C)o3)c(=O)n2C1c1ccc(SC)cc1. The zero-order valence-corrected chi connectivity index (χ0v) is 19.6. The normalized spacial score (nSPS) is 16.0. The van der Waals surface area contributed by atoms with Gasteiger partial charge in [-0.25, -0.2) is 9.79 Å². The van der Waals surface area contributed by atoms with Crippen LogP contribution < -0.4 is 14.9 Å². The summed E-state index contributed by atoms with van der Waals surface area (Å²) in [6, 6.07) is 10.8. The molecule has 0 amide bonds. The molecular formula is C24H22N2O4S2. The molecule has 1 aliphatic heterocycles. The lowest BCUT2D eigenvalue weighted by atomic mass is 9.96. The van der Waals surface area contributed by atoms with Crippen LogP contribution in [0.4, 0.5) is 0 Å². The zero-order valence-electron chi connectivity index (χ0n) is 18.0. The highest BCUT2D eigenvalue weighted by Gasteiger charge is 2.33. The lowest BCUT2D eigenvalue weighted by Gasteiger charge is -2.24. The van der Waals surface area contributed by atoms with Gasteiger partial charge in [0.2, 0.25) is 0 Å². The largest absolute Gasteiger partial charge is 0.462 e. The van der Waals surface area contributed by atoms with Crippen molar-refractivity contribution in [3.8, 4) is 0 Å². The van der Waals surface area contributed by atoms with Crippen molar-refractivity contribution in [1.82, 2.24) is 4.57 Å². The number of carbonyl (C=O) groups excluding carboxylic acids is 1. The number of nitrogens with zero attached hydrogens (tertiary/aromatic N) is 2. The van der Waals surface area contributed by atoms with Gasteiger partial charge in [-0.2, -0.15) is 0 Å². The van der Waals surface area contributed by atoms with E-state index in [-0.39, 0.29) is 12.2 Å². The number of benzene rings is 1. The number of esters is 1. The Hall–Kier alpha value is -3.10. The molecule has 32 heavy (non-hydrogen) atoms. The number of allylic oxidation sites excluding steroid dienone is 1. The average Bonchev–Trinajstić information content (AvgIpc) is 3.33. The van der Waals surface area contributed by atoms with E-state index >= 15 is 0 Å². The van der Waals surface area contributed by atoms with Gasteiger partial charge in [-0.15, -0.1) is 11.8 Å². The Morgan fingerprint density at radius 3 is 2.66 bits per heavy atom. The van der Waals surface area contributed by atoms with Crippen molar-refractivity contribution in [3.63, 3.8) is 0 Å². The van der Waals surface area contributed by atoms with Crippen molar-refractivity contribution in [2.45, 2.75) is 24.8 Å². The summed E-state index contributed by atoms with van der Waals surface area (Å²) in [4.78, 5) is 32.6. The number of aromatic nitrogens is 1. The van der Waals surface area contributed by atoms with E-state index in [9.17, 15) is 9.59 Å². The van der Waals surface area contributed by atoms with Gasteiger partial charge in [-0.1, -0.05) is 36.1 Å². The Kier molecular flexibility index (Phi) is 6.34. The van der Waals surface area contributed by atoms with Crippen LogP contribution in [-0.2, 0) is 9.53 Å². The van der Waals surface area contributed by atoms with Crippen LogP contribution in [0, 0.1) is 6.92 Å². The molecule has 164 valence electrons. The molecule has 0 saturated heterocycles. The van der Waals surface area contributed by atoms with Crippen LogP contribution in [0.25, 0.3) is 6.08 Å². The van der Waals surface area contributed by atoms with Gasteiger partial charge in [-0.05, 0) is 49.9 Å². The molecule has 0 radical (unpaired) electrons. The van der Waals surface area contributed by atoms with E-state index in [1.54, 1.807) is 29.3 Å². The molecule has 6 nitrogen and oxygen atoms in total. The number of thioether (sulfide) groups is 1. The van der Waals surface area contributed by atoms with Gasteiger partial charge in [0.25, 0.3) is 5.56 Å². The topological polar surface area (TPSA) is 73.8 Å². The third kappa shape index (κ3) is 4.16. The molecule has 2 aromatic heterocycles. The van der Waals surface area contributed by atoms with Crippen LogP contribution >= 0.6 is 23.1 Å². The molecule has 1 aliphatic rings. The summed E-state index contributed by atoms with van der Waals surface area (Å²) < 4.78 is 13.0. The number of aryl methyl sites for hydroxylation is 1. The number of rotatable bonds is 6. The predicted octanol–water partition coefficient (Wildman–Crippen LogP) is 3.59. The first-order chi connectivity index (χ1) is 15.4. The smallest absolute Gasteiger partial charge is 0.338 e. The van der Waals surface area contributed by atoms with Crippen LogP contribution in [0.1, 0.15) is 30.0 Å². The van der Waals surface area contributed by atoms with Gasteiger partial charge in [0.05, 0.1) is 21.8 Å². The standard InChI is InChI=1S/C24H22N2O4S2/c1-5-12-29-23(28)20-15(3)25-24-26(21(20)16-7-10-18(31-4)11-8-16)22(27)19(32-24)13-17-9-6-14(2)30-17/h5-11,13,21H,1,12H2,2-4H3. The molecule has 8 heteroatoms. The average molecular weight is 467 g/mol. The van der Waals surface area contributed by atoms with E-state index in [2.05, 4.69) is 11.6 Å². The Morgan fingerprint density at radius 2 is 2.03 bits per heavy atom. The van der Waals surface area contributed by atoms with Crippen molar-refractivity contribution >= 4 is 35.1 Å². The number of carbonyl (C=O) groups is 1. The highest BCUT2D eigenvalue weighted by Crippen LogP contribution is 2.31. The molecule has 0 aliphatic carbocycles. The summed E-state index contributed by atoms with van der Waals surface area (Å²) in [6.07, 6.45) is 5.22. The maximum atomic E-state index is 13.5. The van der Waals surface area contributed by atoms with E-state index in [0.29, 0.717) is 26.4 Å². The molecule has 3 heterocycles. The predicted molar refractivity (Wildman–Crippen MR) is 127 cm³/mol. The van der Waals surface area contributed by atoms with Gasteiger partial charge < -0.3 is 9.15 Å². The number of ether oxygens (including phenoxy) is 1. The lowest BCUT2D eigenvalue weighted by Crippen LogP contribution is -2.39. The Bertz CT molecular complexity index is 1390. The fourth-order valence-corrected chi connectivity index (χ4v) is 4.99. The quantitative estimate of drug-likeness (QED) is 0.315. The van der Waals surface area contributed by atoms with Crippen LogP contribution in [0.15, 0.2) is 79.4 Å². The molecule has 0 N–H and O–H groups in total. The van der Waals surface area contributed by atoms with Crippen LogP contribution in [0.5, 0.6) is 0 Å². The van der Waals surface area contributed by atoms with Crippen molar-refractivity contribution in [1.29, 1.82) is 0 Å². The molecule has 0 fully saturated rings. The summed E-state index contributed by atoms with van der Waals surface area (Å²) >= 11 is 2.89. The second kappa shape index (κ2) is 9.18. The van der Waals surface area contributed by atoms with Crippen LogP contribution in [0.3, 0.4) is 0 Å². The molecular weight excluding hydrogens is 444 g/mol. The number of thiazole rings is 1. The third-order valence-corrected chi connectivity index (χ3v) is 6.77.